The van der Waals surface area contributed by atoms with Gasteiger partial charge in [0.2, 0.25) is 0 Å². The first-order valence-corrected chi connectivity index (χ1v) is 6.60. The van der Waals surface area contributed by atoms with E-state index in [4.69, 9.17) is 0 Å². The van der Waals surface area contributed by atoms with E-state index in [9.17, 15) is 0 Å². The largest absolute Gasteiger partial charge is 0.313 e. The minimum atomic E-state index is 0.967. The van der Waals surface area contributed by atoms with Crippen molar-refractivity contribution in [2.45, 2.75) is 52.1 Å². The standard InChI is InChI=1S/C13H23N3/c1-2-8-16-11-13(10-15-16)9-14-7-3-4-12-5-6-12/h10-12,14H,2-9H2,1H3. The fourth-order valence-corrected chi connectivity index (χ4v) is 2.00. The second-order valence-electron chi connectivity index (χ2n) is 4.87. The third kappa shape index (κ3) is 3.97. The highest BCUT2D eigenvalue weighted by Gasteiger charge is 2.19. The van der Waals surface area contributed by atoms with E-state index < -0.39 is 0 Å². The Labute approximate surface area is 98.2 Å². The third-order valence-corrected chi connectivity index (χ3v) is 3.13. The van der Waals surface area contributed by atoms with Crippen LogP contribution in [0.5, 0.6) is 0 Å². The molecule has 3 nitrogen and oxygen atoms in total. The van der Waals surface area contributed by atoms with Crippen LogP contribution in [0.2, 0.25) is 0 Å². The van der Waals surface area contributed by atoms with Crippen LogP contribution in [0, 0.1) is 5.92 Å². The van der Waals surface area contributed by atoms with Gasteiger partial charge in [0.25, 0.3) is 0 Å². The van der Waals surface area contributed by atoms with E-state index >= 15 is 0 Å². The molecule has 2 rings (SSSR count). The summed E-state index contributed by atoms with van der Waals surface area (Å²) in [5.74, 6) is 1.06. The van der Waals surface area contributed by atoms with Crippen LogP contribution in [0.25, 0.3) is 0 Å². The van der Waals surface area contributed by atoms with E-state index in [1.54, 1.807) is 0 Å². The number of nitrogens with zero attached hydrogens (tertiary/aromatic N) is 2. The number of rotatable bonds is 8. The number of aromatic nitrogens is 2. The van der Waals surface area contributed by atoms with Crippen LogP contribution in [0.15, 0.2) is 12.4 Å². The molecule has 1 saturated carbocycles. The van der Waals surface area contributed by atoms with Gasteiger partial charge in [0.15, 0.2) is 0 Å². The average molecular weight is 221 g/mol. The van der Waals surface area contributed by atoms with Crippen molar-refractivity contribution in [3.8, 4) is 0 Å². The Morgan fingerprint density at radius 3 is 3.12 bits per heavy atom. The lowest BCUT2D eigenvalue weighted by Crippen LogP contribution is -2.14. The number of aryl methyl sites for hydroxylation is 1. The fourth-order valence-electron chi connectivity index (χ4n) is 2.00. The smallest absolute Gasteiger partial charge is 0.0534 e. The summed E-state index contributed by atoms with van der Waals surface area (Å²) in [6, 6.07) is 0. The number of hydrogen-bond donors (Lipinski definition) is 1. The molecule has 3 heteroatoms. The zero-order valence-electron chi connectivity index (χ0n) is 10.3. The normalized spacial score (nSPS) is 15.6. The Bertz CT molecular complexity index is 302. The predicted molar refractivity (Wildman–Crippen MR) is 66.2 cm³/mol. The molecule has 0 saturated heterocycles. The predicted octanol–water partition coefficient (Wildman–Crippen LogP) is 2.57. The summed E-state index contributed by atoms with van der Waals surface area (Å²) in [5.41, 5.74) is 1.31. The van der Waals surface area contributed by atoms with Gasteiger partial charge in [0.1, 0.15) is 0 Å². The molecule has 0 radical (unpaired) electrons. The summed E-state index contributed by atoms with van der Waals surface area (Å²) in [7, 11) is 0. The van der Waals surface area contributed by atoms with Crippen molar-refractivity contribution >= 4 is 0 Å². The van der Waals surface area contributed by atoms with Crippen molar-refractivity contribution in [3.05, 3.63) is 18.0 Å². The molecule has 0 aliphatic heterocycles. The minimum absolute atomic E-state index is 0.967. The molecule has 0 atom stereocenters. The second kappa shape index (κ2) is 6.04. The molecule has 0 unspecified atom stereocenters. The fraction of sp³-hybridized carbons (Fsp3) is 0.769. The Hall–Kier alpha value is -0.830. The molecule has 1 aromatic rings. The molecule has 0 amide bonds. The van der Waals surface area contributed by atoms with Crippen LogP contribution in [0.4, 0.5) is 0 Å². The number of hydrogen-bond acceptors (Lipinski definition) is 2. The Balaban J connectivity index is 1.56. The topological polar surface area (TPSA) is 29.9 Å². The van der Waals surface area contributed by atoms with Gasteiger partial charge in [-0.25, -0.2) is 0 Å². The molecule has 1 heterocycles. The molecule has 1 N–H and O–H groups in total. The van der Waals surface area contributed by atoms with Crippen LogP contribution >= 0.6 is 0 Å². The highest BCUT2D eigenvalue weighted by molar-refractivity contribution is 5.03. The highest BCUT2D eigenvalue weighted by atomic mass is 15.3. The van der Waals surface area contributed by atoms with Crippen LogP contribution in [0.1, 0.15) is 44.6 Å². The van der Waals surface area contributed by atoms with Gasteiger partial charge in [-0.05, 0) is 31.7 Å². The lowest BCUT2D eigenvalue weighted by molar-refractivity contribution is 0.589. The van der Waals surface area contributed by atoms with Crippen molar-refractivity contribution in [1.29, 1.82) is 0 Å². The van der Waals surface area contributed by atoms with Crippen molar-refractivity contribution in [1.82, 2.24) is 15.1 Å². The Kier molecular flexibility index (Phi) is 4.40. The minimum Gasteiger partial charge on any atom is -0.313 e. The van der Waals surface area contributed by atoms with Crippen LogP contribution in [-0.4, -0.2) is 16.3 Å². The van der Waals surface area contributed by atoms with Gasteiger partial charge in [-0.2, -0.15) is 5.10 Å². The van der Waals surface area contributed by atoms with E-state index in [-0.39, 0.29) is 0 Å². The van der Waals surface area contributed by atoms with Gasteiger partial charge in [0, 0.05) is 24.8 Å². The second-order valence-corrected chi connectivity index (χ2v) is 4.87. The molecular weight excluding hydrogens is 198 g/mol. The summed E-state index contributed by atoms with van der Waals surface area (Å²) < 4.78 is 2.03. The monoisotopic (exact) mass is 221 g/mol. The maximum absolute atomic E-state index is 4.32. The van der Waals surface area contributed by atoms with Gasteiger partial charge in [-0.3, -0.25) is 4.68 Å². The molecule has 16 heavy (non-hydrogen) atoms. The molecule has 0 bridgehead atoms. The van der Waals surface area contributed by atoms with Crippen molar-refractivity contribution in [2.75, 3.05) is 6.54 Å². The van der Waals surface area contributed by atoms with Crippen LogP contribution < -0.4 is 5.32 Å². The van der Waals surface area contributed by atoms with E-state index in [2.05, 4.69) is 23.5 Å². The number of nitrogens with one attached hydrogen (secondary N) is 1. The molecule has 1 aliphatic carbocycles. The average Bonchev–Trinajstić information content (AvgIpc) is 2.99. The SMILES string of the molecule is CCCn1cc(CNCCCC2CC2)cn1. The quantitative estimate of drug-likeness (QED) is 0.684. The van der Waals surface area contributed by atoms with Gasteiger partial charge in [0.05, 0.1) is 6.20 Å². The first-order valence-electron chi connectivity index (χ1n) is 6.60. The van der Waals surface area contributed by atoms with E-state index in [1.165, 1.54) is 31.2 Å². The Morgan fingerprint density at radius 1 is 1.50 bits per heavy atom. The lowest BCUT2D eigenvalue weighted by Gasteiger charge is -2.02. The molecule has 0 aromatic carbocycles. The molecule has 1 fully saturated rings. The summed E-state index contributed by atoms with van der Waals surface area (Å²) in [4.78, 5) is 0. The molecular formula is C13H23N3. The molecule has 0 spiro atoms. The van der Waals surface area contributed by atoms with E-state index in [0.29, 0.717) is 0 Å². The summed E-state index contributed by atoms with van der Waals surface area (Å²) in [6.45, 7) is 5.32. The molecule has 90 valence electrons. The lowest BCUT2D eigenvalue weighted by atomic mass is 10.2. The zero-order valence-corrected chi connectivity index (χ0v) is 10.3. The van der Waals surface area contributed by atoms with Gasteiger partial charge in [-0.15, -0.1) is 0 Å². The van der Waals surface area contributed by atoms with Crippen molar-refractivity contribution < 1.29 is 0 Å². The van der Waals surface area contributed by atoms with E-state index in [1.807, 2.05) is 10.9 Å². The van der Waals surface area contributed by atoms with Crippen molar-refractivity contribution in [3.63, 3.8) is 0 Å². The van der Waals surface area contributed by atoms with Crippen molar-refractivity contribution in [2.24, 2.45) is 5.92 Å². The first kappa shape index (κ1) is 11.6. The van der Waals surface area contributed by atoms with Gasteiger partial charge >= 0.3 is 0 Å². The third-order valence-electron chi connectivity index (χ3n) is 3.13. The van der Waals surface area contributed by atoms with Crippen LogP contribution in [0.3, 0.4) is 0 Å². The maximum Gasteiger partial charge on any atom is 0.0534 e. The highest BCUT2D eigenvalue weighted by Crippen LogP contribution is 2.33. The van der Waals surface area contributed by atoms with E-state index in [0.717, 1.165) is 32.0 Å². The summed E-state index contributed by atoms with van der Waals surface area (Å²) in [6.07, 6.45) is 11.0. The summed E-state index contributed by atoms with van der Waals surface area (Å²) in [5, 5.41) is 7.81. The zero-order chi connectivity index (χ0) is 11.2. The van der Waals surface area contributed by atoms with Gasteiger partial charge < -0.3 is 5.32 Å². The maximum atomic E-state index is 4.32. The molecule has 1 aliphatic rings. The van der Waals surface area contributed by atoms with Gasteiger partial charge in [-0.1, -0.05) is 19.8 Å². The van der Waals surface area contributed by atoms with Crippen LogP contribution in [-0.2, 0) is 13.1 Å². The first-order chi connectivity index (χ1) is 7.88. The Morgan fingerprint density at radius 2 is 2.38 bits per heavy atom. The summed E-state index contributed by atoms with van der Waals surface area (Å²) >= 11 is 0. The molecule has 1 aromatic heterocycles.